The van der Waals surface area contributed by atoms with Crippen LogP contribution in [0.1, 0.15) is 31.7 Å². The number of halogens is 1. The third-order valence-electron chi connectivity index (χ3n) is 3.44. The molecule has 1 unspecified atom stereocenters. The molecule has 1 saturated heterocycles. The molecule has 0 spiro atoms. The van der Waals surface area contributed by atoms with E-state index >= 15 is 0 Å². The first-order valence-corrected chi connectivity index (χ1v) is 6.21. The summed E-state index contributed by atoms with van der Waals surface area (Å²) in [4.78, 5) is 6.12. The number of anilines is 1. The second-order valence-corrected chi connectivity index (χ2v) is 4.79. The van der Waals surface area contributed by atoms with E-state index in [2.05, 4.69) is 11.9 Å². The van der Waals surface area contributed by atoms with Crippen LogP contribution in [-0.2, 0) is 6.61 Å². The first-order valence-electron chi connectivity index (χ1n) is 6.21. The highest BCUT2D eigenvalue weighted by Gasteiger charge is 2.19. The Kier molecular flexibility index (Phi) is 3.94. The summed E-state index contributed by atoms with van der Waals surface area (Å²) in [6.07, 6.45) is 4.91. The van der Waals surface area contributed by atoms with E-state index < -0.39 is 0 Å². The topological polar surface area (TPSA) is 36.4 Å². The smallest absolute Gasteiger partial charge is 0.171 e. The molecule has 17 heavy (non-hydrogen) atoms. The maximum Gasteiger partial charge on any atom is 0.171 e. The lowest BCUT2D eigenvalue weighted by Crippen LogP contribution is -2.26. The van der Waals surface area contributed by atoms with Crippen LogP contribution in [0.4, 0.5) is 10.2 Å². The van der Waals surface area contributed by atoms with Crippen molar-refractivity contribution in [2.24, 2.45) is 5.92 Å². The van der Waals surface area contributed by atoms with E-state index in [1.807, 2.05) is 4.90 Å². The molecule has 94 valence electrons. The molecule has 0 radical (unpaired) electrons. The predicted octanol–water partition coefficient (Wildman–Crippen LogP) is 2.34. The van der Waals surface area contributed by atoms with Crippen LogP contribution in [-0.4, -0.2) is 23.2 Å². The van der Waals surface area contributed by atoms with E-state index in [1.165, 1.54) is 12.5 Å². The normalized spacial score (nSPS) is 21.4. The lowest BCUT2D eigenvalue weighted by Gasteiger charge is -2.22. The summed E-state index contributed by atoms with van der Waals surface area (Å²) in [6.45, 7) is 3.66. The minimum Gasteiger partial charge on any atom is -0.392 e. The maximum absolute atomic E-state index is 14.0. The van der Waals surface area contributed by atoms with Gasteiger partial charge in [-0.3, -0.25) is 0 Å². The van der Waals surface area contributed by atoms with E-state index in [9.17, 15) is 4.39 Å². The highest BCUT2D eigenvalue weighted by atomic mass is 19.1. The molecule has 1 aromatic heterocycles. The lowest BCUT2D eigenvalue weighted by atomic mass is 10.0. The van der Waals surface area contributed by atoms with Crippen molar-refractivity contribution in [3.63, 3.8) is 0 Å². The van der Waals surface area contributed by atoms with E-state index in [0.29, 0.717) is 17.3 Å². The highest BCUT2D eigenvalue weighted by molar-refractivity contribution is 5.43. The quantitative estimate of drug-likeness (QED) is 0.859. The Balaban J connectivity index is 2.21. The summed E-state index contributed by atoms with van der Waals surface area (Å²) in [5, 5.41) is 9.05. The largest absolute Gasteiger partial charge is 0.392 e. The summed E-state index contributed by atoms with van der Waals surface area (Å²) >= 11 is 0. The molecular formula is C13H19FN2O. The summed E-state index contributed by atoms with van der Waals surface area (Å²) in [5.74, 6) is 0.722. The zero-order valence-electron chi connectivity index (χ0n) is 10.2. The number of hydrogen-bond acceptors (Lipinski definition) is 3. The second-order valence-electron chi connectivity index (χ2n) is 4.79. The molecule has 2 rings (SSSR count). The van der Waals surface area contributed by atoms with Gasteiger partial charge in [0.2, 0.25) is 0 Å². The molecule has 0 bridgehead atoms. The van der Waals surface area contributed by atoms with Gasteiger partial charge in [-0.25, -0.2) is 9.37 Å². The summed E-state index contributed by atoms with van der Waals surface area (Å²) < 4.78 is 14.0. The molecular weight excluding hydrogens is 219 g/mol. The van der Waals surface area contributed by atoms with Crippen molar-refractivity contribution in [3.8, 4) is 0 Å². The van der Waals surface area contributed by atoms with E-state index in [4.69, 9.17) is 5.11 Å². The Morgan fingerprint density at radius 1 is 1.47 bits per heavy atom. The number of aliphatic hydroxyl groups is 1. The van der Waals surface area contributed by atoms with Gasteiger partial charge < -0.3 is 10.0 Å². The van der Waals surface area contributed by atoms with Gasteiger partial charge in [0.15, 0.2) is 11.6 Å². The van der Waals surface area contributed by atoms with Crippen LogP contribution < -0.4 is 4.90 Å². The number of nitrogens with zero attached hydrogens (tertiary/aromatic N) is 2. The Bertz CT molecular complexity index is 384. The van der Waals surface area contributed by atoms with E-state index in [-0.39, 0.29) is 12.4 Å². The fraction of sp³-hybridized carbons (Fsp3) is 0.615. The number of pyridine rings is 1. The van der Waals surface area contributed by atoms with Gasteiger partial charge in [0.25, 0.3) is 0 Å². The van der Waals surface area contributed by atoms with Crippen molar-refractivity contribution in [2.45, 2.75) is 32.8 Å². The van der Waals surface area contributed by atoms with Crippen molar-refractivity contribution in [2.75, 3.05) is 18.0 Å². The van der Waals surface area contributed by atoms with Gasteiger partial charge in [0, 0.05) is 24.8 Å². The van der Waals surface area contributed by atoms with E-state index in [1.54, 1.807) is 6.20 Å². The molecule has 2 heterocycles. The zero-order chi connectivity index (χ0) is 12.3. The fourth-order valence-electron chi connectivity index (χ4n) is 2.29. The third kappa shape index (κ3) is 2.75. The van der Waals surface area contributed by atoms with Crippen LogP contribution in [0.15, 0.2) is 12.3 Å². The third-order valence-corrected chi connectivity index (χ3v) is 3.44. The first-order chi connectivity index (χ1) is 8.22. The molecule has 1 aromatic rings. The number of rotatable bonds is 2. The molecule has 0 amide bonds. The SMILES string of the molecule is CC1CCCN(c2nccc(CO)c2F)CC1. The molecule has 1 aliphatic rings. The minimum absolute atomic E-state index is 0.272. The van der Waals surface area contributed by atoms with Gasteiger partial charge in [-0.05, 0) is 31.2 Å². The monoisotopic (exact) mass is 238 g/mol. The van der Waals surface area contributed by atoms with Crippen molar-refractivity contribution in [1.82, 2.24) is 4.98 Å². The zero-order valence-corrected chi connectivity index (χ0v) is 10.2. The summed E-state index contributed by atoms with van der Waals surface area (Å²) in [5.41, 5.74) is 0.326. The number of hydrogen-bond donors (Lipinski definition) is 1. The fourth-order valence-corrected chi connectivity index (χ4v) is 2.29. The Hall–Kier alpha value is -1.16. The molecule has 0 aromatic carbocycles. The molecule has 0 aliphatic carbocycles. The summed E-state index contributed by atoms with van der Waals surface area (Å²) in [7, 11) is 0. The molecule has 4 heteroatoms. The molecule has 1 aliphatic heterocycles. The van der Waals surface area contributed by atoms with Gasteiger partial charge in [-0.2, -0.15) is 0 Å². The predicted molar refractivity (Wildman–Crippen MR) is 65.3 cm³/mol. The molecule has 3 nitrogen and oxygen atoms in total. The van der Waals surface area contributed by atoms with Gasteiger partial charge >= 0.3 is 0 Å². The molecule has 1 fully saturated rings. The van der Waals surface area contributed by atoms with E-state index in [0.717, 1.165) is 25.9 Å². The van der Waals surface area contributed by atoms with Crippen LogP contribution in [0, 0.1) is 11.7 Å². The Morgan fingerprint density at radius 2 is 2.29 bits per heavy atom. The molecule has 1 N–H and O–H groups in total. The molecule has 0 saturated carbocycles. The van der Waals surface area contributed by atoms with Gasteiger partial charge in [0.1, 0.15) is 0 Å². The van der Waals surface area contributed by atoms with Crippen LogP contribution in [0.2, 0.25) is 0 Å². The van der Waals surface area contributed by atoms with Gasteiger partial charge in [0.05, 0.1) is 6.61 Å². The van der Waals surface area contributed by atoms with Gasteiger partial charge in [-0.1, -0.05) is 6.92 Å². The average Bonchev–Trinajstić information content (AvgIpc) is 2.54. The highest BCUT2D eigenvalue weighted by Crippen LogP contribution is 2.24. The van der Waals surface area contributed by atoms with Crippen molar-refractivity contribution in [3.05, 3.63) is 23.6 Å². The Labute approximate surface area is 101 Å². The van der Waals surface area contributed by atoms with Crippen LogP contribution in [0.25, 0.3) is 0 Å². The van der Waals surface area contributed by atoms with Gasteiger partial charge in [-0.15, -0.1) is 0 Å². The lowest BCUT2D eigenvalue weighted by molar-refractivity contribution is 0.275. The number of aliphatic hydroxyl groups excluding tert-OH is 1. The first kappa shape index (κ1) is 12.3. The van der Waals surface area contributed by atoms with Crippen molar-refractivity contribution < 1.29 is 9.50 Å². The molecule has 1 atom stereocenters. The maximum atomic E-state index is 14.0. The average molecular weight is 238 g/mol. The summed E-state index contributed by atoms with van der Waals surface area (Å²) in [6, 6.07) is 1.53. The van der Waals surface area contributed by atoms with Crippen molar-refractivity contribution >= 4 is 5.82 Å². The number of aromatic nitrogens is 1. The second kappa shape index (κ2) is 5.45. The minimum atomic E-state index is -0.371. The van der Waals surface area contributed by atoms with Crippen LogP contribution >= 0.6 is 0 Å². The standard InChI is InChI=1S/C13H19FN2O/c1-10-3-2-7-16(8-5-10)13-12(14)11(9-17)4-6-15-13/h4,6,10,17H,2-3,5,7-9H2,1H3. The van der Waals surface area contributed by atoms with Crippen LogP contribution in [0.3, 0.4) is 0 Å². The van der Waals surface area contributed by atoms with Crippen LogP contribution in [0.5, 0.6) is 0 Å². The Morgan fingerprint density at radius 3 is 3.06 bits per heavy atom. The van der Waals surface area contributed by atoms with Crippen molar-refractivity contribution in [1.29, 1.82) is 0 Å².